The molecule has 0 amide bonds. The average molecular weight is 723 g/mol. The van der Waals surface area contributed by atoms with Gasteiger partial charge in [0.1, 0.15) is 11.5 Å². The van der Waals surface area contributed by atoms with Crippen LogP contribution in [0.3, 0.4) is 0 Å². The second-order valence-electron chi connectivity index (χ2n) is 14.4. The Bertz CT molecular complexity index is 1080. The first-order chi connectivity index (χ1) is 24.9. The third kappa shape index (κ3) is 18.3. The summed E-state index contributed by atoms with van der Waals surface area (Å²) in [5.41, 5.74) is 0. The summed E-state index contributed by atoms with van der Waals surface area (Å²) >= 11 is 4.35. The molecule has 3 aromatic carbocycles. The molecule has 0 aliphatic rings. The van der Waals surface area contributed by atoms with Crippen molar-refractivity contribution in [3.05, 3.63) is 48.5 Å². The van der Waals surface area contributed by atoms with E-state index in [1.807, 2.05) is 0 Å². The van der Waals surface area contributed by atoms with Crippen LogP contribution >= 0.6 is 23.5 Å². The fraction of sp³-hybridized carbons (Fsp3) is 0.696. The molecule has 0 aliphatic heterocycles. The summed E-state index contributed by atoms with van der Waals surface area (Å²) in [6.07, 6.45) is 32.5. The van der Waals surface area contributed by atoms with E-state index in [4.69, 9.17) is 9.47 Å². The molecule has 3 aromatic rings. The van der Waals surface area contributed by atoms with Gasteiger partial charge in [-0.1, -0.05) is 178 Å². The molecule has 0 aliphatic carbocycles. The molecular formula is C46H74O2S2. The van der Waals surface area contributed by atoms with Gasteiger partial charge in [0.25, 0.3) is 0 Å². The van der Waals surface area contributed by atoms with Crippen molar-refractivity contribution in [3.8, 4) is 11.5 Å². The zero-order chi connectivity index (χ0) is 35.2. The van der Waals surface area contributed by atoms with Gasteiger partial charge in [-0.15, -0.1) is 0 Å². The Kier molecular flexibility index (Phi) is 25.7. The molecule has 0 spiro atoms. The summed E-state index contributed by atoms with van der Waals surface area (Å²) in [4.78, 5) is 0. The zero-order valence-corrected chi connectivity index (χ0v) is 34.1. The van der Waals surface area contributed by atoms with Gasteiger partial charge in [0.15, 0.2) is 0 Å². The predicted molar refractivity (Wildman–Crippen MR) is 229 cm³/mol. The quantitative estimate of drug-likeness (QED) is 0.0451. The Hall–Kier alpha value is -1.52. The normalized spacial score (nSPS) is 11.6. The summed E-state index contributed by atoms with van der Waals surface area (Å²) in [7, 11) is 0. The minimum Gasteiger partial charge on any atom is -0.492 e. The van der Waals surface area contributed by atoms with E-state index in [2.05, 4.69) is 85.9 Å². The summed E-state index contributed by atoms with van der Waals surface area (Å²) in [6.45, 7) is 6.15. The fourth-order valence-corrected chi connectivity index (χ4v) is 8.95. The molecule has 0 aromatic heterocycles. The first-order valence-corrected chi connectivity index (χ1v) is 23.5. The molecule has 0 fully saturated rings. The maximum absolute atomic E-state index is 6.58. The largest absolute Gasteiger partial charge is 0.492 e. The van der Waals surface area contributed by atoms with Gasteiger partial charge < -0.3 is 9.47 Å². The van der Waals surface area contributed by atoms with E-state index < -0.39 is 0 Å². The van der Waals surface area contributed by atoms with Crippen LogP contribution in [0, 0.1) is 0 Å². The maximum Gasteiger partial charge on any atom is 0.135 e. The highest BCUT2D eigenvalue weighted by Gasteiger charge is 2.15. The minimum atomic E-state index is 0.778. The molecule has 0 N–H and O–H groups in total. The highest BCUT2D eigenvalue weighted by Crippen LogP contribution is 2.42. The lowest BCUT2D eigenvalue weighted by Gasteiger charge is -2.18. The monoisotopic (exact) mass is 723 g/mol. The van der Waals surface area contributed by atoms with Crippen LogP contribution < -0.4 is 9.47 Å². The van der Waals surface area contributed by atoms with Crippen LogP contribution in [0.2, 0.25) is 0 Å². The first kappa shape index (κ1) is 42.9. The topological polar surface area (TPSA) is 18.5 Å². The van der Waals surface area contributed by atoms with E-state index in [9.17, 15) is 0 Å². The van der Waals surface area contributed by atoms with Gasteiger partial charge in [0.05, 0.1) is 13.2 Å². The molecule has 0 saturated heterocycles. The molecule has 2 nitrogen and oxygen atoms in total. The lowest BCUT2D eigenvalue weighted by molar-refractivity contribution is 0.306. The summed E-state index contributed by atoms with van der Waals surface area (Å²) < 4.78 is 13.2. The van der Waals surface area contributed by atoms with Crippen molar-refractivity contribution < 1.29 is 9.47 Å². The molecule has 4 heteroatoms. The Balaban J connectivity index is 1.29. The molecule has 0 saturated carbocycles. The number of rotatable bonds is 34. The molecule has 0 heterocycles. The van der Waals surface area contributed by atoms with Gasteiger partial charge in [0.2, 0.25) is 0 Å². The van der Waals surface area contributed by atoms with E-state index in [1.54, 1.807) is 0 Å². The van der Waals surface area contributed by atoms with E-state index in [-0.39, 0.29) is 0 Å². The van der Waals surface area contributed by atoms with Crippen molar-refractivity contribution >= 4 is 45.1 Å². The number of hydrogen-bond donors (Lipinski definition) is 0. The second-order valence-corrected chi connectivity index (χ2v) is 16.9. The van der Waals surface area contributed by atoms with E-state index in [1.165, 1.54) is 186 Å². The Labute approximate surface area is 317 Å². The highest BCUT2D eigenvalue weighted by molar-refractivity contribution is 7.99. The van der Waals surface area contributed by atoms with Crippen LogP contribution in [-0.2, 0) is 0 Å². The third-order valence-electron chi connectivity index (χ3n) is 9.98. The first-order valence-electron chi connectivity index (χ1n) is 21.2. The van der Waals surface area contributed by atoms with Crippen LogP contribution in [0.1, 0.15) is 168 Å². The minimum absolute atomic E-state index is 0.778. The summed E-state index contributed by atoms with van der Waals surface area (Å²) in [5, 5.41) is 4.70. The Morgan fingerprint density at radius 1 is 0.340 bits per heavy atom. The van der Waals surface area contributed by atoms with Crippen LogP contribution in [-0.4, -0.2) is 36.2 Å². The SMILES string of the molecule is CCCCCCCCSCCCCCCCCOc1c2ccccc2c(OCCCCCCCCSCCCCCCCC)c2ccccc12. The Morgan fingerprint density at radius 2 is 0.600 bits per heavy atom. The molecule has 0 atom stereocenters. The summed E-state index contributed by atoms with van der Waals surface area (Å²) in [5.74, 6) is 7.46. The van der Waals surface area contributed by atoms with Crippen LogP contribution in [0.5, 0.6) is 11.5 Å². The van der Waals surface area contributed by atoms with Gasteiger partial charge in [0, 0.05) is 21.5 Å². The van der Waals surface area contributed by atoms with Gasteiger partial charge in [-0.05, 0) is 61.5 Å². The van der Waals surface area contributed by atoms with E-state index in [0.29, 0.717) is 0 Å². The molecule has 0 radical (unpaired) electrons. The van der Waals surface area contributed by atoms with Gasteiger partial charge >= 0.3 is 0 Å². The van der Waals surface area contributed by atoms with Crippen LogP contribution in [0.15, 0.2) is 48.5 Å². The van der Waals surface area contributed by atoms with Crippen LogP contribution in [0.25, 0.3) is 21.5 Å². The fourth-order valence-electron chi connectivity index (χ4n) is 6.91. The summed E-state index contributed by atoms with van der Waals surface area (Å²) in [6, 6.07) is 17.4. The molecular weight excluding hydrogens is 649 g/mol. The van der Waals surface area contributed by atoms with E-state index >= 15 is 0 Å². The van der Waals surface area contributed by atoms with Crippen LogP contribution in [0.4, 0.5) is 0 Å². The van der Waals surface area contributed by atoms with Crippen molar-refractivity contribution in [1.29, 1.82) is 0 Å². The predicted octanol–water partition coefficient (Wildman–Crippen LogP) is 15.6. The molecule has 3 rings (SSSR count). The molecule has 0 bridgehead atoms. The smallest absolute Gasteiger partial charge is 0.135 e. The lowest BCUT2D eigenvalue weighted by Crippen LogP contribution is -2.02. The number of thioether (sulfide) groups is 2. The molecule has 282 valence electrons. The second kappa shape index (κ2) is 30.0. The highest BCUT2D eigenvalue weighted by atomic mass is 32.2. The van der Waals surface area contributed by atoms with Gasteiger partial charge in [-0.2, -0.15) is 23.5 Å². The average Bonchev–Trinajstić information content (AvgIpc) is 3.14. The standard InChI is InChI=1S/C46H74O2S2/c1-3-5-7-9-17-27-37-49-39-29-19-13-11-15-25-35-47-45-41-31-21-23-33-43(41)46(44-34-24-22-32-42(44)45)48-36-26-16-12-14-20-30-40-50-38-28-18-10-8-6-4-2/h21-24,31-34H,3-20,25-30,35-40H2,1-2H3. The number of ether oxygens (including phenoxy) is 2. The molecule has 0 unspecified atom stereocenters. The number of unbranched alkanes of at least 4 members (excludes halogenated alkanes) is 20. The van der Waals surface area contributed by atoms with E-state index in [0.717, 1.165) is 37.6 Å². The maximum atomic E-state index is 6.58. The van der Waals surface area contributed by atoms with Crippen molar-refractivity contribution in [2.45, 2.75) is 168 Å². The van der Waals surface area contributed by atoms with Gasteiger partial charge in [-0.3, -0.25) is 0 Å². The Morgan fingerprint density at radius 3 is 0.900 bits per heavy atom. The number of fused-ring (bicyclic) bond motifs is 2. The lowest BCUT2D eigenvalue weighted by atomic mass is 10.0. The van der Waals surface area contributed by atoms with Crippen molar-refractivity contribution in [2.24, 2.45) is 0 Å². The third-order valence-corrected chi connectivity index (χ3v) is 12.3. The van der Waals surface area contributed by atoms with Gasteiger partial charge in [-0.25, -0.2) is 0 Å². The van der Waals surface area contributed by atoms with Crippen molar-refractivity contribution in [3.63, 3.8) is 0 Å². The molecule has 50 heavy (non-hydrogen) atoms. The number of benzene rings is 3. The zero-order valence-electron chi connectivity index (χ0n) is 32.5. The number of hydrogen-bond acceptors (Lipinski definition) is 4. The van der Waals surface area contributed by atoms with Crippen molar-refractivity contribution in [1.82, 2.24) is 0 Å². The van der Waals surface area contributed by atoms with Crippen molar-refractivity contribution in [2.75, 3.05) is 36.2 Å².